The molecule has 1 aromatic heterocycles. The van der Waals surface area contributed by atoms with Crippen LogP contribution in [0.1, 0.15) is 34.1 Å². The minimum Gasteiger partial charge on any atom is -0.469 e. The molecule has 1 unspecified atom stereocenters. The number of rotatable bonds is 6. The molecule has 1 atom stereocenters. The molecule has 1 amide bonds. The maximum Gasteiger partial charge on any atom is 0.307 e. The predicted molar refractivity (Wildman–Crippen MR) is 102 cm³/mol. The van der Waals surface area contributed by atoms with Crippen LogP contribution in [0.3, 0.4) is 0 Å². The third kappa shape index (κ3) is 4.23. The normalized spacial score (nSPS) is 11.6. The summed E-state index contributed by atoms with van der Waals surface area (Å²) < 4.78 is 6.48. The number of methoxy groups -OCH3 is 1. The number of hydrogen-bond acceptors (Lipinski definition) is 4. The smallest absolute Gasteiger partial charge is 0.307 e. The molecule has 0 aliphatic rings. The van der Waals surface area contributed by atoms with Crippen molar-refractivity contribution in [2.45, 2.75) is 19.4 Å². The van der Waals surface area contributed by atoms with Gasteiger partial charge in [-0.25, -0.2) is 4.68 Å². The van der Waals surface area contributed by atoms with Crippen LogP contribution in [0.5, 0.6) is 0 Å². The summed E-state index contributed by atoms with van der Waals surface area (Å²) in [5.41, 5.74) is 2.90. The SMILES string of the molecule is COC(=O)CC(NC(=O)c1cnn(-c2ccccc2)c1C)c1ccccc1. The number of carbonyl (C=O) groups excluding carboxylic acids is 2. The van der Waals surface area contributed by atoms with Gasteiger partial charge in [-0.05, 0) is 24.6 Å². The highest BCUT2D eigenvalue weighted by Gasteiger charge is 2.22. The Bertz CT molecular complexity index is 920. The van der Waals surface area contributed by atoms with Crippen molar-refractivity contribution in [1.82, 2.24) is 15.1 Å². The lowest BCUT2D eigenvalue weighted by atomic mass is 10.0. The van der Waals surface area contributed by atoms with Gasteiger partial charge in [0.05, 0.1) is 42.7 Å². The fraction of sp³-hybridized carbons (Fsp3) is 0.190. The van der Waals surface area contributed by atoms with Crippen LogP contribution in [-0.4, -0.2) is 28.8 Å². The molecular weight excluding hydrogens is 342 g/mol. The number of ether oxygens (including phenoxy) is 1. The third-order valence-corrected chi connectivity index (χ3v) is 4.36. The number of amides is 1. The van der Waals surface area contributed by atoms with Crippen molar-refractivity contribution in [3.63, 3.8) is 0 Å². The summed E-state index contributed by atoms with van der Waals surface area (Å²) in [5, 5.41) is 7.26. The van der Waals surface area contributed by atoms with Crippen molar-refractivity contribution >= 4 is 11.9 Å². The van der Waals surface area contributed by atoms with Crippen LogP contribution in [-0.2, 0) is 9.53 Å². The molecule has 138 valence electrons. The zero-order valence-corrected chi connectivity index (χ0v) is 15.3. The first-order valence-electron chi connectivity index (χ1n) is 8.63. The molecule has 0 fully saturated rings. The molecule has 0 spiro atoms. The van der Waals surface area contributed by atoms with E-state index in [9.17, 15) is 9.59 Å². The lowest BCUT2D eigenvalue weighted by Gasteiger charge is -2.18. The quantitative estimate of drug-likeness (QED) is 0.683. The molecule has 0 aliphatic heterocycles. The molecule has 27 heavy (non-hydrogen) atoms. The minimum absolute atomic E-state index is 0.0537. The molecule has 1 heterocycles. The molecule has 0 bridgehead atoms. The summed E-state index contributed by atoms with van der Waals surface area (Å²) in [6.45, 7) is 1.84. The first-order chi connectivity index (χ1) is 13.1. The summed E-state index contributed by atoms with van der Waals surface area (Å²) >= 11 is 0. The van der Waals surface area contributed by atoms with E-state index in [1.165, 1.54) is 13.3 Å². The second kappa shape index (κ2) is 8.31. The van der Waals surface area contributed by atoms with Gasteiger partial charge in [0, 0.05) is 0 Å². The molecule has 0 saturated carbocycles. The molecule has 0 radical (unpaired) electrons. The number of aromatic nitrogens is 2. The van der Waals surface area contributed by atoms with Gasteiger partial charge in [0.1, 0.15) is 0 Å². The largest absolute Gasteiger partial charge is 0.469 e. The summed E-state index contributed by atoms with van der Waals surface area (Å²) in [6.07, 6.45) is 1.59. The van der Waals surface area contributed by atoms with Crippen LogP contribution in [0.15, 0.2) is 66.9 Å². The number of carbonyl (C=O) groups is 2. The average molecular weight is 363 g/mol. The van der Waals surface area contributed by atoms with E-state index in [0.29, 0.717) is 5.56 Å². The van der Waals surface area contributed by atoms with E-state index in [0.717, 1.165) is 16.9 Å². The summed E-state index contributed by atoms with van der Waals surface area (Å²) in [7, 11) is 1.33. The Labute approximate surface area is 157 Å². The zero-order valence-electron chi connectivity index (χ0n) is 15.3. The second-order valence-corrected chi connectivity index (χ2v) is 6.11. The van der Waals surface area contributed by atoms with Crippen molar-refractivity contribution in [2.75, 3.05) is 7.11 Å². The Balaban J connectivity index is 1.84. The van der Waals surface area contributed by atoms with Gasteiger partial charge in [-0.1, -0.05) is 48.5 Å². The van der Waals surface area contributed by atoms with Crippen LogP contribution < -0.4 is 5.32 Å². The Morgan fingerprint density at radius 1 is 1.07 bits per heavy atom. The van der Waals surface area contributed by atoms with Crippen LogP contribution in [0.2, 0.25) is 0 Å². The van der Waals surface area contributed by atoms with Gasteiger partial charge in [0.25, 0.3) is 5.91 Å². The topological polar surface area (TPSA) is 73.2 Å². The predicted octanol–water partition coefficient (Wildman–Crippen LogP) is 3.21. The van der Waals surface area contributed by atoms with Gasteiger partial charge in [-0.3, -0.25) is 9.59 Å². The Morgan fingerprint density at radius 3 is 2.33 bits per heavy atom. The monoisotopic (exact) mass is 363 g/mol. The van der Waals surface area contributed by atoms with Gasteiger partial charge < -0.3 is 10.1 Å². The maximum atomic E-state index is 12.8. The van der Waals surface area contributed by atoms with E-state index in [1.54, 1.807) is 4.68 Å². The van der Waals surface area contributed by atoms with Gasteiger partial charge in [-0.15, -0.1) is 0 Å². The van der Waals surface area contributed by atoms with Crippen LogP contribution in [0, 0.1) is 6.92 Å². The van der Waals surface area contributed by atoms with E-state index in [1.807, 2.05) is 67.6 Å². The van der Waals surface area contributed by atoms with E-state index in [-0.39, 0.29) is 18.3 Å². The van der Waals surface area contributed by atoms with Crippen molar-refractivity contribution in [1.29, 1.82) is 0 Å². The van der Waals surface area contributed by atoms with Crippen molar-refractivity contribution in [3.8, 4) is 5.69 Å². The number of hydrogen-bond donors (Lipinski definition) is 1. The second-order valence-electron chi connectivity index (χ2n) is 6.11. The first kappa shape index (κ1) is 18.4. The van der Waals surface area contributed by atoms with Gasteiger partial charge in [0.15, 0.2) is 0 Å². The Morgan fingerprint density at radius 2 is 1.70 bits per heavy atom. The molecule has 1 N–H and O–H groups in total. The highest BCUT2D eigenvalue weighted by Crippen LogP contribution is 2.20. The lowest BCUT2D eigenvalue weighted by Crippen LogP contribution is -2.30. The molecule has 3 rings (SSSR count). The number of esters is 1. The number of nitrogens with zero attached hydrogens (tertiary/aromatic N) is 2. The molecular formula is C21H21N3O3. The Hall–Kier alpha value is -3.41. The van der Waals surface area contributed by atoms with Crippen LogP contribution >= 0.6 is 0 Å². The van der Waals surface area contributed by atoms with Gasteiger partial charge >= 0.3 is 5.97 Å². The summed E-state index contributed by atoms with van der Waals surface area (Å²) in [5.74, 6) is -0.673. The molecule has 0 saturated heterocycles. The highest BCUT2D eigenvalue weighted by atomic mass is 16.5. The number of benzene rings is 2. The zero-order chi connectivity index (χ0) is 19.2. The molecule has 6 heteroatoms. The molecule has 3 aromatic rings. The molecule has 0 aliphatic carbocycles. The van der Waals surface area contributed by atoms with E-state index in [4.69, 9.17) is 4.74 Å². The maximum absolute atomic E-state index is 12.8. The van der Waals surface area contributed by atoms with E-state index >= 15 is 0 Å². The van der Waals surface area contributed by atoms with Crippen LogP contribution in [0.25, 0.3) is 5.69 Å². The summed E-state index contributed by atoms with van der Waals surface area (Å²) in [6, 6.07) is 18.5. The number of para-hydroxylation sites is 1. The van der Waals surface area contributed by atoms with E-state index < -0.39 is 6.04 Å². The first-order valence-corrected chi connectivity index (χ1v) is 8.63. The van der Waals surface area contributed by atoms with Crippen molar-refractivity contribution in [2.24, 2.45) is 0 Å². The highest BCUT2D eigenvalue weighted by molar-refractivity contribution is 5.95. The lowest BCUT2D eigenvalue weighted by molar-refractivity contribution is -0.141. The third-order valence-electron chi connectivity index (χ3n) is 4.36. The number of nitrogens with one attached hydrogen (secondary N) is 1. The van der Waals surface area contributed by atoms with Gasteiger partial charge in [0.2, 0.25) is 0 Å². The molecule has 6 nitrogen and oxygen atoms in total. The average Bonchev–Trinajstić information content (AvgIpc) is 3.10. The summed E-state index contributed by atoms with van der Waals surface area (Å²) in [4.78, 5) is 24.6. The van der Waals surface area contributed by atoms with Crippen molar-refractivity contribution in [3.05, 3.63) is 83.7 Å². The van der Waals surface area contributed by atoms with Gasteiger partial charge in [-0.2, -0.15) is 5.10 Å². The minimum atomic E-state index is -0.481. The fourth-order valence-corrected chi connectivity index (χ4v) is 2.89. The standard InChI is InChI=1S/C21H21N3O3/c1-15-18(14-22-24(15)17-11-7-4-8-12-17)21(26)23-19(13-20(25)27-2)16-9-5-3-6-10-16/h3-12,14,19H,13H2,1-2H3,(H,23,26). The Kier molecular flexibility index (Phi) is 5.66. The van der Waals surface area contributed by atoms with E-state index in [2.05, 4.69) is 10.4 Å². The van der Waals surface area contributed by atoms with Crippen molar-refractivity contribution < 1.29 is 14.3 Å². The van der Waals surface area contributed by atoms with Crippen LogP contribution in [0.4, 0.5) is 0 Å². The fourth-order valence-electron chi connectivity index (χ4n) is 2.89. The molecule has 2 aromatic carbocycles.